The maximum Gasteiger partial charge on any atom is 0.348 e. The summed E-state index contributed by atoms with van der Waals surface area (Å²) in [5, 5.41) is 10.3. The average molecular weight is 426 g/mol. The summed E-state index contributed by atoms with van der Waals surface area (Å²) in [5.41, 5.74) is 1.69. The first-order valence-corrected chi connectivity index (χ1v) is 10.6. The third-order valence-electron chi connectivity index (χ3n) is 5.02. The van der Waals surface area contributed by atoms with Crippen LogP contribution < -0.4 is 10.6 Å². The minimum atomic E-state index is -0.661. The fourth-order valence-corrected chi connectivity index (χ4v) is 4.63. The van der Waals surface area contributed by atoms with Crippen LogP contribution in [0.25, 0.3) is 15.9 Å². The summed E-state index contributed by atoms with van der Waals surface area (Å²) in [7, 11) is 0. The van der Waals surface area contributed by atoms with Crippen molar-refractivity contribution in [2.75, 3.05) is 6.61 Å². The van der Waals surface area contributed by atoms with E-state index in [1.54, 1.807) is 10.7 Å². The number of nitrogens with one attached hydrogen (secondary N) is 2. The number of amides is 3. The Balaban J connectivity index is 1.37. The van der Waals surface area contributed by atoms with E-state index in [0.29, 0.717) is 4.88 Å². The van der Waals surface area contributed by atoms with E-state index in [1.807, 2.05) is 37.3 Å². The highest BCUT2D eigenvalue weighted by atomic mass is 32.1. The Hall–Kier alpha value is -3.20. The van der Waals surface area contributed by atoms with Crippen molar-refractivity contribution < 1.29 is 19.1 Å². The molecule has 3 aromatic rings. The van der Waals surface area contributed by atoms with E-state index >= 15 is 0 Å². The number of para-hydroxylation sites is 1. The zero-order valence-electron chi connectivity index (χ0n) is 16.5. The second-order valence-corrected chi connectivity index (χ2v) is 8.27. The lowest BCUT2D eigenvalue weighted by Gasteiger charge is -2.12. The van der Waals surface area contributed by atoms with Crippen LogP contribution >= 0.6 is 11.3 Å². The van der Waals surface area contributed by atoms with E-state index in [9.17, 15) is 14.4 Å². The highest BCUT2D eigenvalue weighted by molar-refractivity contribution is 7.20. The molecular weight excluding hydrogens is 404 g/mol. The number of hydrogen-bond acceptors (Lipinski definition) is 6. The van der Waals surface area contributed by atoms with Crippen molar-refractivity contribution in [2.24, 2.45) is 0 Å². The lowest BCUT2D eigenvalue weighted by atomic mass is 10.2. The number of urea groups is 1. The van der Waals surface area contributed by atoms with Gasteiger partial charge in [0.25, 0.3) is 5.91 Å². The molecule has 2 aromatic heterocycles. The molecule has 3 amide bonds. The highest BCUT2D eigenvalue weighted by Gasteiger charge is 2.21. The number of imide groups is 1. The zero-order valence-corrected chi connectivity index (χ0v) is 17.3. The molecule has 2 N–H and O–H groups in total. The van der Waals surface area contributed by atoms with Gasteiger partial charge >= 0.3 is 12.0 Å². The molecule has 1 saturated carbocycles. The number of carbonyl (C=O) groups is 3. The maximum absolute atomic E-state index is 12.4. The van der Waals surface area contributed by atoms with Gasteiger partial charge in [-0.2, -0.15) is 5.10 Å². The Labute approximate surface area is 177 Å². The predicted octanol–water partition coefficient (Wildman–Crippen LogP) is 3.32. The van der Waals surface area contributed by atoms with E-state index in [-0.39, 0.29) is 6.04 Å². The summed E-state index contributed by atoms with van der Waals surface area (Å²) in [6.45, 7) is 1.36. The lowest BCUT2D eigenvalue weighted by molar-refractivity contribution is -0.123. The third kappa shape index (κ3) is 4.35. The molecule has 2 heterocycles. The van der Waals surface area contributed by atoms with Crippen LogP contribution in [0, 0.1) is 6.92 Å². The molecule has 1 fully saturated rings. The number of aryl methyl sites for hydroxylation is 1. The quantitative estimate of drug-likeness (QED) is 0.610. The second kappa shape index (κ2) is 8.66. The number of hydrogen-bond donors (Lipinski definition) is 2. The standard InChI is InChI=1S/C21H22N4O4S/c1-13-16-11-17(30-19(16)25(24-13)15-9-3-2-4-10-15)20(27)29-12-18(26)23-21(28)22-14-7-5-6-8-14/h2-4,9-11,14H,5-8,12H2,1H3,(H2,22,23,26,28). The van der Waals surface area contributed by atoms with Crippen LogP contribution in [0.3, 0.4) is 0 Å². The van der Waals surface area contributed by atoms with Crippen LogP contribution in [0.5, 0.6) is 0 Å². The number of rotatable bonds is 5. The monoisotopic (exact) mass is 426 g/mol. The average Bonchev–Trinajstić information content (AvgIpc) is 3.45. The van der Waals surface area contributed by atoms with Crippen LogP contribution in [0.1, 0.15) is 41.0 Å². The third-order valence-corrected chi connectivity index (χ3v) is 6.11. The molecule has 8 nitrogen and oxygen atoms in total. The summed E-state index contributed by atoms with van der Waals surface area (Å²) >= 11 is 1.25. The van der Waals surface area contributed by atoms with Crippen molar-refractivity contribution in [3.63, 3.8) is 0 Å². The van der Waals surface area contributed by atoms with Crippen molar-refractivity contribution in [2.45, 2.75) is 38.6 Å². The SMILES string of the molecule is Cc1nn(-c2ccccc2)c2sc(C(=O)OCC(=O)NC(=O)NC3CCCC3)cc12. The normalized spacial score (nSPS) is 14.0. The van der Waals surface area contributed by atoms with Gasteiger partial charge in [-0.3, -0.25) is 10.1 Å². The van der Waals surface area contributed by atoms with Crippen LogP contribution in [0.2, 0.25) is 0 Å². The molecule has 30 heavy (non-hydrogen) atoms. The topological polar surface area (TPSA) is 102 Å². The lowest BCUT2D eigenvalue weighted by Crippen LogP contribution is -2.44. The van der Waals surface area contributed by atoms with E-state index < -0.39 is 24.5 Å². The molecule has 4 rings (SSSR count). The molecule has 0 atom stereocenters. The van der Waals surface area contributed by atoms with Gasteiger partial charge in [0, 0.05) is 11.4 Å². The van der Waals surface area contributed by atoms with Gasteiger partial charge in [0.05, 0.1) is 11.4 Å². The van der Waals surface area contributed by atoms with Crippen molar-refractivity contribution in [3.05, 3.63) is 47.0 Å². The summed E-state index contributed by atoms with van der Waals surface area (Å²) in [4.78, 5) is 37.4. The molecule has 9 heteroatoms. The van der Waals surface area contributed by atoms with Crippen molar-refractivity contribution in [3.8, 4) is 5.69 Å². The Morgan fingerprint density at radius 1 is 1.20 bits per heavy atom. The Morgan fingerprint density at radius 3 is 2.67 bits per heavy atom. The van der Waals surface area contributed by atoms with Gasteiger partial charge in [-0.05, 0) is 38.0 Å². The summed E-state index contributed by atoms with van der Waals surface area (Å²) in [5.74, 6) is -1.27. The number of fused-ring (bicyclic) bond motifs is 1. The van der Waals surface area contributed by atoms with E-state index in [1.165, 1.54) is 11.3 Å². The molecule has 0 bridgehead atoms. The van der Waals surface area contributed by atoms with Gasteiger partial charge in [0.1, 0.15) is 9.71 Å². The summed E-state index contributed by atoms with van der Waals surface area (Å²) in [6.07, 6.45) is 3.99. The van der Waals surface area contributed by atoms with Gasteiger partial charge in [-0.1, -0.05) is 31.0 Å². The first kappa shape index (κ1) is 20.1. The highest BCUT2D eigenvalue weighted by Crippen LogP contribution is 2.30. The van der Waals surface area contributed by atoms with Crippen molar-refractivity contribution >= 4 is 39.5 Å². The number of esters is 1. The number of aromatic nitrogens is 2. The number of carbonyl (C=O) groups excluding carboxylic acids is 3. The largest absolute Gasteiger partial charge is 0.451 e. The fourth-order valence-electron chi connectivity index (χ4n) is 3.55. The maximum atomic E-state index is 12.4. The molecule has 0 unspecified atom stereocenters. The molecule has 0 aliphatic heterocycles. The number of thiophene rings is 1. The molecule has 0 saturated heterocycles. The minimum Gasteiger partial charge on any atom is -0.451 e. The Bertz CT molecular complexity index is 1080. The molecule has 156 valence electrons. The smallest absolute Gasteiger partial charge is 0.348 e. The zero-order chi connectivity index (χ0) is 21.1. The van der Waals surface area contributed by atoms with Gasteiger partial charge < -0.3 is 10.1 Å². The van der Waals surface area contributed by atoms with Gasteiger partial charge in [-0.15, -0.1) is 11.3 Å². The van der Waals surface area contributed by atoms with E-state index in [0.717, 1.165) is 47.3 Å². The van der Waals surface area contributed by atoms with Crippen molar-refractivity contribution in [1.29, 1.82) is 0 Å². The number of ether oxygens (including phenoxy) is 1. The first-order valence-electron chi connectivity index (χ1n) is 9.83. The van der Waals surface area contributed by atoms with Gasteiger partial charge in [-0.25, -0.2) is 14.3 Å². The van der Waals surface area contributed by atoms with Crippen LogP contribution in [-0.4, -0.2) is 40.3 Å². The fraction of sp³-hybridized carbons (Fsp3) is 0.333. The Morgan fingerprint density at radius 2 is 1.93 bits per heavy atom. The van der Waals surface area contributed by atoms with Crippen LogP contribution in [0.15, 0.2) is 36.4 Å². The molecule has 0 radical (unpaired) electrons. The minimum absolute atomic E-state index is 0.103. The summed E-state index contributed by atoms with van der Waals surface area (Å²) < 4.78 is 6.88. The van der Waals surface area contributed by atoms with Crippen molar-refractivity contribution in [1.82, 2.24) is 20.4 Å². The molecular formula is C21H22N4O4S. The summed E-state index contributed by atoms with van der Waals surface area (Å²) in [6, 6.07) is 10.9. The number of benzene rings is 1. The second-order valence-electron chi connectivity index (χ2n) is 7.24. The van der Waals surface area contributed by atoms with Crippen LogP contribution in [0.4, 0.5) is 4.79 Å². The molecule has 0 spiro atoms. The van der Waals surface area contributed by atoms with Crippen LogP contribution in [-0.2, 0) is 9.53 Å². The first-order chi connectivity index (χ1) is 14.5. The van der Waals surface area contributed by atoms with Gasteiger partial charge in [0.15, 0.2) is 6.61 Å². The van der Waals surface area contributed by atoms with E-state index in [4.69, 9.17) is 4.74 Å². The Kier molecular flexibility index (Phi) is 5.80. The molecule has 1 aliphatic carbocycles. The predicted molar refractivity (Wildman–Crippen MR) is 113 cm³/mol. The molecule has 1 aromatic carbocycles. The number of nitrogens with zero attached hydrogens (tertiary/aromatic N) is 2. The van der Waals surface area contributed by atoms with E-state index in [2.05, 4.69) is 15.7 Å². The van der Waals surface area contributed by atoms with Gasteiger partial charge in [0.2, 0.25) is 0 Å². The molecule has 1 aliphatic rings.